The smallest absolute Gasteiger partial charge is 0.238 e. The predicted molar refractivity (Wildman–Crippen MR) is 159 cm³/mol. The lowest BCUT2D eigenvalue weighted by molar-refractivity contribution is -0.125. The van der Waals surface area contributed by atoms with Gasteiger partial charge in [-0.25, -0.2) is 0 Å². The van der Waals surface area contributed by atoms with Crippen molar-refractivity contribution < 1.29 is 14.7 Å². The molecule has 1 aromatic carbocycles. The van der Waals surface area contributed by atoms with Gasteiger partial charge in [0.1, 0.15) is 5.41 Å². The summed E-state index contributed by atoms with van der Waals surface area (Å²) in [6.07, 6.45) is 8.31. The topological polar surface area (TPSA) is 90.5 Å². The molecular formula is C30H38Cl3N3O3. The van der Waals surface area contributed by atoms with Crippen LogP contribution in [0.2, 0.25) is 5.02 Å². The summed E-state index contributed by atoms with van der Waals surface area (Å²) in [5.41, 5.74) is 0.875. The third kappa shape index (κ3) is 6.25. The zero-order chi connectivity index (χ0) is 28.5. The van der Waals surface area contributed by atoms with Gasteiger partial charge in [-0.15, -0.1) is 11.6 Å². The number of nitrogens with one attached hydrogen (secondary N) is 3. The van der Waals surface area contributed by atoms with Gasteiger partial charge in [0.2, 0.25) is 11.8 Å². The fourth-order valence-corrected chi connectivity index (χ4v) is 6.74. The zero-order valence-corrected chi connectivity index (χ0v) is 25.0. The van der Waals surface area contributed by atoms with Crippen LogP contribution in [-0.4, -0.2) is 47.0 Å². The Morgan fingerprint density at radius 1 is 1.26 bits per heavy atom. The van der Waals surface area contributed by atoms with E-state index in [1.807, 2.05) is 6.07 Å². The molecule has 3 aliphatic rings. The van der Waals surface area contributed by atoms with E-state index < -0.39 is 17.4 Å². The fourth-order valence-electron chi connectivity index (χ4n) is 6.41. The Hall–Kier alpha value is -1.83. The number of carbonyl (C=O) groups excluding carboxylic acids is 2. The molecule has 2 aliphatic heterocycles. The summed E-state index contributed by atoms with van der Waals surface area (Å²) in [5, 5.41) is 20.8. The predicted octanol–water partition coefficient (Wildman–Crippen LogP) is 5.82. The van der Waals surface area contributed by atoms with Crippen LogP contribution in [0.25, 0.3) is 0 Å². The number of carbonyl (C=O) groups is 2. The highest BCUT2D eigenvalue weighted by Crippen LogP contribution is 2.55. The van der Waals surface area contributed by atoms with Crippen molar-refractivity contribution in [3.8, 4) is 0 Å². The first-order valence-corrected chi connectivity index (χ1v) is 14.8. The number of alkyl halides is 1. The van der Waals surface area contributed by atoms with Gasteiger partial charge in [-0.3, -0.25) is 9.59 Å². The van der Waals surface area contributed by atoms with Gasteiger partial charge in [-0.1, -0.05) is 68.8 Å². The molecule has 0 unspecified atom stereocenters. The Morgan fingerprint density at radius 2 is 1.95 bits per heavy atom. The van der Waals surface area contributed by atoms with Crippen molar-refractivity contribution in [1.29, 1.82) is 0 Å². The molecule has 1 saturated heterocycles. The van der Waals surface area contributed by atoms with Gasteiger partial charge in [-0.2, -0.15) is 0 Å². The number of fused-ring (bicyclic) bond motifs is 2. The molecule has 0 radical (unpaired) electrons. The summed E-state index contributed by atoms with van der Waals surface area (Å²) in [4.78, 5) is 28.1. The van der Waals surface area contributed by atoms with Crippen molar-refractivity contribution in [3.05, 3.63) is 64.2 Å². The van der Waals surface area contributed by atoms with Crippen LogP contribution in [0.3, 0.4) is 0 Å². The molecule has 6 nitrogen and oxygen atoms in total. The molecule has 212 valence electrons. The molecule has 2 fully saturated rings. The first-order chi connectivity index (χ1) is 18.4. The van der Waals surface area contributed by atoms with E-state index in [4.69, 9.17) is 34.8 Å². The molecule has 1 saturated carbocycles. The van der Waals surface area contributed by atoms with Crippen LogP contribution in [0, 0.1) is 11.3 Å². The average molecular weight is 595 g/mol. The number of hydrogen-bond donors (Lipinski definition) is 4. The second-order valence-corrected chi connectivity index (χ2v) is 13.3. The lowest BCUT2D eigenvalue weighted by Crippen LogP contribution is -2.51. The van der Waals surface area contributed by atoms with Crippen LogP contribution in [0.4, 0.5) is 5.69 Å². The highest BCUT2D eigenvalue weighted by Gasteiger charge is 2.65. The minimum atomic E-state index is -1.08. The van der Waals surface area contributed by atoms with Crippen molar-refractivity contribution in [2.24, 2.45) is 11.3 Å². The number of rotatable bonds is 7. The molecule has 0 aromatic heterocycles. The minimum Gasteiger partial charge on any atom is -0.393 e. The molecule has 0 bridgehead atoms. The van der Waals surface area contributed by atoms with Gasteiger partial charge in [0.05, 0.1) is 18.0 Å². The van der Waals surface area contributed by atoms with Gasteiger partial charge in [0.15, 0.2) is 0 Å². The first-order valence-electron chi connectivity index (χ1n) is 13.5. The van der Waals surface area contributed by atoms with Crippen LogP contribution in [0.5, 0.6) is 0 Å². The normalized spacial score (nSPS) is 31.0. The molecule has 2 heterocycles. The fraction of sp³-hybridized carbons (Fsp3) is 0.533. The van der Waals surface area contributed by atoms with E-state index in [1.54, 1.807) is 30.4 Å². The van der Waals surface area contributed by atoms with Crippen molar-refractivity contribution >= 4 is 52.3 Å². The summed E-state index contributed by atoms with van der Waals surface area (Å²) in [7, 11) is 0. The molecule has 4 N–H and O–H groups in total. The molecule has 1 aromatic rings. The van der Waals surface area contributed by atoms with Crippen molar-refractivity contribution in [2.45, 2.75) is 82.5 Å². The lowest BCUT2D eigenvalue weighted by Gasteiger charge is -2.38. The molecule has 1 spiro atoms. The zero-order valence-electron chi connectivity index (χ0n) is 22.7. The maximum atomic E-state index is 14.1. The second kappa shape index (κ2) is 12.0. The molecule has 9 heteroatoms. The third-order valence-corrected chi connectivity index (χ3v) is 8.98. The van der Waals surface area contributed by atoms with Gasteiger partial charge < -0.3 is 21.1 Å². The highest BCUT2D eigenvalue weighted by atomic mass is 35.5. The lowest BCUT2D eigenvalue weighted by atomic mass is 9.62. The summed E-state index contributed by atoms with van der Waals surface area (Å²) in [6.45, 7) is 10.8. The first kappa shape index (κ1) is 30.1. The van der Waals surface area contributed by atoms with E-state index in [2.05, 4.69) is 43.3 Å². The SMILES string of the molecule is C=C(/C=C\C=C(\Cl)CCl)[C@H]1[C@H](C(=O)N[C@H]2CC[C@H](O)CC2)N[C@@H](CC(C)(C)C)[C@@]12C(=O)Nc1cc(Cl)ccc12. The van der Waals surface area contributed by atoms with Gasteiger partial charge in [0.25, 0.3) is 0 Å². The average Bonchev–Trinajstić information content (AvgIpc) is 3.34. The standard InChI is InChI=1S/C30H38Cl3N3O3/c1-17(6-5-7-19(33)16-31)25-26(27(38)34-20-9-11-21(37)12-10-20)36-24(15-29(2,3)4)30(25)22-13-8-18(32)14-23(22)35-28(30)39/h5-8,13-14,20-21,24-26,36-37H,1,9-12,15-16H2,2-4H3,(H,34,38)(H,35,39)/b6-5-,19-7+/t20-,21-,24-,25-,26+,30+/m0/s1. The van der Waals surface area contributed by atoms with E-state index in [9.17, 15) is 14.7 Å². The maximum Gasteiger partial charge on any atom is 0.238 e. The number of aliphatic hydroxyl groups is 1. The Labute approximate surface area is 246 Å². The molecule has 4 atom stereocenters. The van der Waals surface area contributed by atoms with Crippen LogP contribution in [0.15, 0.2) is 53.6 Å². The maximum absolute atomic E-state index is 14.1. The Balaban J connectivity index is 1.81. The van der Waals surface area contributed by atoms with E-state index in [1.165, 1.54) is 0 Å². The van der Waals surface area contributed by atoms with E-state index >= 15 is 0 Å². The van der Waals surface area contributed by atoms with Gasteiger partial charge in [0, 0.05) is 33.7 Å². The molecule has 4 rings (SSSR count). The monoisotopic (exact) mass is 593 g/mol. The highest BCUT2D eigenvalue weighted by molar-refractivity contribution is 6.35. The molecular weight excluding hydrogens is 557 g/mol. The third-order valence-electron chi connectivity index (χ3n) is 8.06. The van der Waals surface area contributed by atoms with Crippen molar-refractivity contribution in [3.63, 3.8) is 0 Å². The van der Waals surface area contributed by atoms with E-state index in [0.717, 1.165) is 5.56 Å². The number of hydrogen-bond acceptors (Lipinski definition) is 4. The summed E-state index contributed by atoms with van der Waals surface area (Å²) < 4.78 is 0. The van der Waals surface area contributed by atoms with Crippen LogP contribution >= 0.6 is 34.8 Å². The van der Waals surface area contributed by atoms with Crippen LogP contribution < -0.4 is 16.0 Å². The largest absolute Gasteiger partial charge is 0.393 e. The van der Waals surface area contributed by atoms with Gasteiger partial charge in [-0.05, 0) is 66.9 Å². The number of anilines is 1. The molecule has 2 amide bonds. The number of halogens is 3. The number of allylic oxidation sites excluding steroid dienone is 4. The number of benzene rings is 1. The van der Waals surface area contributed by atoms with Gasteiger partial charge >= 0.3 is 0 Å². The summed E-state index contributed by atoms with van der Waals surface area (Å²) in [5.74, 6) is -0.748. The Bertz CT molecular complexity index is 1180. The van der Waals surface area contributed by atoms with E-state index in [0.29, 0.717) is 53.4 Å². The Morgan fingerprint density at radius 3 is 2.59 bits per heavy atom. The molecule has 1 aliphatic carbocycles. The van der Waals surface area contributed by atoms with E-state index in [-0.39, 0.29) is 41.3 Å². The second-order valence-electron chi connectivity index (χ2n) is 12.1. The van der Waals surface area contributed by atoms with Crippen LogP contribution in [0.1, 0.15) is 58.4 Å². The summed E-state index contributed by atoms with van der Waals surface area (Å²) >= 11 is 18.2. The van der Waals surface area contributed by atoms with Crippen molar-refractivity contribution in [1.82, 2.24) is 10.6 Å². The quantitative estimate of drug-likeness (QED) is 0.237. The summed E-state index contributed by atoms with van der Waals surface area (Å²) in [6, 6.07) is 4.36. The van der Waals surface area contributed by atoms with Crippen LogP contribution in [-0.2, 0) is 15.0 Å². The number of aliphatic hydroxyl groups excluding tert-OH is 1. The minimum absolute atomic E-state index is 0.0290. The Kier molecular flexibility index (Phi) is 9.24. The molecule has 39 heavy (non-hydrogen) atoms. The number of amides is 2. The van der Waals surface area contributed by atoms with Crippen molar-refractivity contribution in [2.75, 3.05) is 11.2 Å².